The van der Waals surface area contributed by atoms with Crippen molar-refractivity contribution in [3.63, 3.8) is 0 Å². The van der Waals surface area contributed by atoms with E-state index in [0.717, 1.165) is 25.3 Å². The first-order chi connectivity index (χ1) is 7.56. The van der Waals surface area contributed by atoms with E-state index in [-0.39, 0.29) is 5.97 Å². The number of hydrogen-bond acceptors (Lipinski definition) is 6. The van der Waals surface area contributed by atoms with Crippen LogP contribution in [0.15, 0.2) is 12.7 Å². The van der Waals surface area contributed by atoms with Gasteiger partial charge in [0.05, 0.1) is 6.61 Å². The number of rotatable bonds is 2. The highest BCUT2D eigenvalue weighted by Gasteiger charge is 2.05. The summed E-state index contributed by atoms with van der Waals surface area (Å²) in [6, 6.07) is 0. The van der Waals surface area contributed by atoms with Gasteiger partial charge in [0.1, 0.15) is 0 Å². The summed E-state index contributed by atoms with van der Waals surface area (Å²) in [5.74, 6) is -0.887. The van der Waals surface area contributed by atoms with Gasteiger partial charge in [0.25, 0.3) is 0 Å². The Kier molecular flexibility index (Phi) is 8.10. The molecule has 0 unspecified atom stereocenters. The Hall–Kier alpha value is -1.40. The molecule has 6 nitrogen and oxygen atoms in total. The van der Waals surface area contributed by atoms with Gasteiger partial charge in [0.15, 0.2) is 0 Å². The molecule has 6 heteroatoms. The summed E-state index contributed by atoms with van der Waals surface area (Å²) in [5, 5.41) is 15.8. The highest BCUT2D eigenvalue weighted by Crippen LogP contribution is 2.06. The zero-order valence-corrected chi connectivity index (χ0v) is 8.92. The summed E-state index contributed by atoms with van der Waals surface area (Å²) in [6.07, 6.45) is 4.66. The maximum atomic E-state index is 10.5. The van der Waals surface area contributed by atoms with E-state index in [1.54, 1.807) is 0 Å². The third kappa shape index (κ3) is 9.17. The number of carbonyl (C=O) groups is 2. The number of hydrogen-bond donors (Lipinski definition) is 2. The lowest BCUT2D eigenvalue weighted by Gasteiger charge is -1.99. The van der Waals surface area contributed by atoms with Crippen molar-refractivity contribution in [1.82, 2.24) is 0 Å². The van der Waals surface area contributed by atoms with Crippen LogP contribution < -0.4 is 0 Å². The summed E-state index contributed by atoms with van der Waals surface area (Å²) in [7, 11) is 0. The molecule has 0 radical (unpaired) electrons. The normalized spacial score (nSPS) is 15.3. The molecule has 0 aromatic rings. The largest absolute Gasteiger partial charge is 0.466 e. The first-order valence-corrected chi connectivity index (χ1v) is 4.91. The van der Waals surface area contributed by atoms with Crippen molar-refractivity contribution in [3.8, 4) is 0 Å². The monoisotopic (exact) mass is 232 g/mol. The van der Waals surface area contributed by atoms with Crippen molar-refractivity contribution in [3.05, 3.63) is 12.7 Å². The second-order valence-electron chi connectivity index (χ2n) is 3.00. The highest BCUT2D eigenvalue weighted by molar-refractivity contribution is 5.81. The van der Waals surface area contributed by atoms with E-state index in [1.165, 1.54) is 0 Å². The Morgan fingerprint density at radius 3 is 2.62 bits per heavy atom. The fourth-order valence-corrected chi connectivity index (χ4v) is 0.958. The van der Waals surface area contributed by atoms with E-state index >= 15 is 0 Å². The molecule has 1 aliphatic rings. The molecule has 1 aliphatic heterocycles. The fourth-order valence-electron chi connectivity index (χ4n) is 0.958. The van der Waals surface area contributed by atoms with Crippen LogP contribution in [-0.2, 0) is 19.1 Å². The Balaban J connectivity index is 0.000000281. The molecule has 1 heterocycles. The van der Waals surface area contributed by atoms with Gasteiger partial charge in [-0.05, 0) is 19.3 Å². The molecule has 0 atom stereocenters. The van der Waals surface area contributed by atoms with Gasteiger partial charge in [0, 0.05) is 12.5 Å². The summed E-state index contributed by atoms with van der Waals surface area (Å²) in [5.41, 5.74) is 0. The van der Waals surface area contributed by atoms with Crippen molar-refractivity contribution in [2.45, 2.75) is 32.2 Å². The predicted molar refractivity (Wildman–Crippen MR) is 53.9 cm³/mol. The maximum absolute atomic E-state index is 10.5. The topological polar surface area (TPSA) is 93.1 Å². The van der Waals surface area contributed by atoms with Gasteiger partial charge in [-0.15, -0.1) is 0 Å². The molecule has 1 rings (SSSR count). The van der Waals surface area contributed by atoms with Crippen LogP contribution in [0.5, 0.6) is 0 Å². The lowest BCUT2D eigenvalue weighted by molar-refractivity contribution is -0.225. The van der Waals surface area contributed by atoms with Gasteiger partial charge in [-0.3, -0.25) is 4.79 Å². The van der Waals surface area contributed by atoms with Gasteiger partial charge < -0.3 is 19.7 Å². The SMILES string of the molecule is C=CC(=O)OC(O)O.O=C1CCCCCO1. The van der Waals surface area contributed by atoms with E-state index in [2.05, 4.69) is 11.3 Å². The number of ether oxygens (including phenoxy) is 2. The van der Waals surface area contributed by atoms with Crippen LogP contribution in [0.4, 0.5) is 0 Å². The van der Waals surface area contributed by atoms with Gasteiger partial charge in [-0.1, -0.05) is 6.58 Å². The molecule has 0 bridgehead atoms. The molecule has 2 N–H and O–H groups in total. The van der Waals surface area contributed by atoms with Crippen molar-refractivity contribution >= 4 is 11.9 Å². The molecular formula is C10H16O6. The molecule has 0 aromatic heterocycles. The second-order valence-corrected chi connectivity index (χ2v) is 3.00. The first-order valence-electron chi connectivity index (χ1n) is 4.91. The van der Waals surface area contributed by atoms with E-state index in [4.69, 9.17) is 14.9 Å². The summed E-state index contributed by atoms with van der Waals surface area (Å²) < 4.78 is 8.52. The molecule has 1 fully saturated rings. The average Bonchev–Trinajstić information content (AvgIpc) is 2.45. The van der Waals surface area contributed by atoms with Gasteiger partial charge in [-0.2, -0.15) is 0 Å². The summed E-state index contributed by atoms with van der Waals surface area (Å²) in [6.45, 7) is 1.61. The minimum absolute atomic E-state index is 0.0255. The first kappa shape index (κ1) is 14.6. The number of esters is 2. The van der Waals surface area contributed by atoms with Crippen LogP contribution in [0.3, 0.4) is 0 Å². The van der Waals surface area contributed by atoms with Crippen LogP contribution in [-0.4, -0.2) is 35.2 Å². The van der Waals surface area contributed by atoms with Gasteiger partial charge in [0.2, 0.25) is 0 Å². The van der Waals surface area contributed by atoms with Gasteiger partial charge >= 0.3 is 18.4 Å². The summed E-state index contributed by atoms with van der Waals surface area (Å²) >= 11 is 0. The van der Waals surface area contributed by atoms with Crippen molar-refractivity contribution in [2.75, 3.05) is 6.61 Å². The second kappa shape index (κ2) is 8.87. The number of carbonyl (C=O) groups excluding carboxylic acids is 2. The van der Waals surface area contributed by atoms with E-state index < -0.39 is 12.4 Å². The minimum atomic E-state index is -2.04. The van der Waals surface area contributed by atoms with Crippen LogP contribution in [0.2, 0.25) is 0 Å². The van der Waals surface area contributed by atoms with E-state index in [9.17, 15) is 9.59 Å². The quantitative estimate of drug-likeness (QED) is 0.398. The van der Waals surface area contributed by atoms with Crippen molar-refractivity contribution < 1.29 is 29.3 Å². The number of aliphatic hydroxyl groups is 2. The lowest BCUT2D eigenvalue weighted by atomic mass is 10.2. The molecule has 0 spiro atoms. The minimum Gasteiger partial charge on any atom is -0.466 e. The molecule has 1 saturated heterocycles. The van der Waals surface area contributed by atoms with Crippen molar-refractivity contribution in [1.29, 1.82) is 0 Å². The Morgan fingerprint density at radius 2 is 2.12 bits per heavy atom. The van der Waals surface area contributed by atoms with Crippen LogP contribution in [0.1, 0.15) is 25.7 Å². The molecule has 0 aromatic carbocycles. The molecule has 16 heavy (non-hydrogen) atoms. The van der Waals surface area contributed by atoms with Crippen LogP contribution >= 0.6 is 0 Å². The number of aliphatic hydroxyl groups excluding tert-OH is 1. The maximum Gasteiger partial charge on any atom is 0.334 e. The molecule has 0 aliphatic carbocycles. The van der Waals surface area contributed by atoms with Crippen LogP contribution in [0, 0.1) is 0 Å². The van der Waals surface area contributed by atoms with E-state index in [0.29, 0.717) is 13.0 Å². The Labute approximate surface area is 93.5 Å². The Bertz CT molecular complexity index is 225. The van der Waals surface area contributed by atoms with Gasteiger partial charge in [-0.25, -0.2) is 4.79 Å². The summed E-state index contributed by atoms with van der Waals surface area (Å²) in [4.78, 5) is 20.4. The zero-order chi connectivity index (χ0) is 12.4. The average molecular weight is 232 g/mol. The molecular weight excluding hydrogens is 216 g/mol. The van der Waals surface area contributed by atoms with Crippen LogP contribution in [0.25, 0.3) is 0 Å². The van der Waals surface area contributed by atoms with Crippen molar-refractivity contribution in [2.24, 2.45) is 0 Å². The third-order valence-corrected chi connectivity index (χ3v) is 1.68. The molecule has 0 amide bonds. The standard InChI is InChI=1S/C6H10O2.C4H6O4/c7-6-4-2-1-3-5-8-6;1-2-3(5)8-4(6)7/h1-5H2;2,4,6-7H,1H2. The molecule has 0 saturated carbocycles. The predicted octanol–water partition coefficient (Wildman–Crippen LogP) is 0.0874. The highest BCUT2D eigenvalue weighted by atomic mass is 16.7. The third-order valence-electron chi connectivity index (χ3n) is 1.68. The smallest absolute Gasteiger partial charge is 0.334 e. The fraction of sp³-hybridized carbons (Fsp3) is 0.600. The molecule has 92 valence electrons. The number of cyclic esters (lactones) is 1. The lowest BCUT2D eigenvalue weighted by Crippen LogP contribution is -2.14. The Morgan fingerprint density at radius 1 is 1.44 bits per heavy atom. The zero-order valence-electron chi connectivity index (χ0n) is 8.92. The van der Waals surface area contributed by atoms with E-state index in [1.807, 2.05) is 0 Å².